The first kappa shape index (κ1) is 11.0. The third kappa shape index (κ3) is 2.97. The highest BCUT2D eigenvalue weighted by molar-refractivity contribution is 9.10. The zero-order chi connectivity index (χ0) is 9.84. The van der Waals surface area contributed by atoms with E-state index in [0.29, 0.717) is 0 Å². The Labute approximate surface area is 92.4 Å². The van der Waals surface area contributed by atoms with Crippen LogP contribution in [-0.2, 0) is 0 Å². The van der Waals surface area contributed by atoms with Gasteiger partial charge in [-0.1, -0.05) is 31.0 Å². The summed E-state index contributed by atoms with van der Waals surface area (Å²) in [4.78, 5) is 0. The van der Waals surface area contributed by atoms with Gasteiger partial charge in [-0.05, 0) is 40.0 Å². The summed E-state index contributed by atoms with van der Waals surface area (Å²) in [6.07, 6.45) is 2.11. The average Bonchev–Trinajstić information content (AvgIpc) is 2.10. The van der Waals surface area contributed by atoms with Crippen molar-refractivity contribution < 1.29 is 0 Å². The normalized spacial score (nSPS) is 12.9. The number of hydrogen-bond acceptors (Lipinski definition) is 1. The Bertz CT molecular complexity index is 288. The molecular formula is C10H13BrClN. The van der Waals surface area contributed by atoms with Gasteiger partial charge in [-0.25, -0.2) is 0 Å². The van der Waals surface area contributed by atoms with Crippen molar-refractivity contribution in [3.63, 3.8) is 0 Å². The van der Waals surface area contributed by atoms with Crippen LogP contribution in [0.4, 0.5) is 0 Å². The lowest BCUT2D eigenvalue weighted by Gasteiger charge is -2.11. The molecule has 0 spiro atoms. The molecule has 0 unspecified atom stereocenters. The number of hydrogen-bond donors (Lipinski definition) is 1. The Morgan fingerprint density at radius 3 is 2.77 bits per heavy atom. The lowest BCUT2D eigenvalue weighted by molar-refractivity contribution is 0.638. The van der Waals surface area contributed by atoms with E-state index >= 15 is 0 Å². The van der Waals surface area contributed by atoms with Gasteiger partial charge >= 0.3 is 0 Å². The molecule has 1 rings (SSSR count). The Kier molecular flexibility index (Phi) is 4.23. The Balaban J connectivity index is 2.84. The molecule has 0 aliphatic carbocycles. The van der Waals surface area contributed by atoms with Crippen molar-refractivity contribution in [2.45, 2.75) is 25.8 Å². The topological polar surface area (TPSA) is 26.0 Å². The third-order valence-electron chi connectivity index (χ3n) is 1.97. The second kappa shape index (κ2) is 4.99. The molecule has 1 aromatic carbocycles. The first-order valence-corrected chi connectivity index (χ1v) is 5.52. The van der Waals surface area contributed by atoms with Crippen LogP contribution in [0.3, 0.4) is 0 Å². The van der Waals surface area contributed by atoms with E-state index in [1.54, 1.807) is 0 Å². The van der Waals surface area contributed by atoms with Gasteiger partial charge in [-0.2, -0.15) is 0 Å². The van der Waals surface area contributed by atoms with Gasteiger partial charge < -0.3 is 5.73 Å². The van der Waals surface area contributed by atoms with Gasteiger partial charge in [0.15, 0.2) is 0 Å². The minimum Gasteiger partial charge on any atom is -0.324 e. The molecule has 0 aromatic heterocycles. The standard InChI is InChI=1S/C10H13BrClN/c1-2-3-10(13)7-4-5-9(12)8(11)6-7/h4-6,10H,2-3,13H2,1H3/t10-/m1/s1. The minimum atomic E-state index is 0.124. The molecule has 0 saturated heterocycles. The van der Waals surface area contributed by atoms with Gasteiger partial charge in [0.1, 0.15) is 0 Å². The zero-order valence-corrected chi connectivity index (χ0v) is 9.90. The summed E-state index contributed by atoms with van der Waals surface area (Å²) < 4.78 is 0.915. The second-order valence-electron chi connectivity index (χ2n) is 3.07. The molecule has 0 heterocycles. The first-order valence-electron chi connectivity index (χ1n) is 4.35. The fourth-order valence-corrected chi connectivity index (χ4v) is 1.73. The summed E-state index contributed by atoms with van der Waals surface area (Å²) >= 11 is 9.25. The van der Waals surface area contributed by atoms with Gasteiger partial charge in [-0.3, -0.25) is 0 Å². The Morgan fingerprint density at radius 2 is 2.23 bits per heavy atom. The molecule has 72 valence electrons. The molecule has 0 fully saturated rings. The van der Waals surface area contributed by atoms with Crippen molar-refractivity contribution in [3.05, 3.63) is 33.3 Å². The summed E-state index contributed by atoms with van der Waals surface area (Å²) in [7, 11) is 0. The van der Waals surface area contributed by atoms with Gasteiger partial charge in [0.2, 0.25) is 0 Å². The van der Waals surface area contributed by atoms with Crippen molar-refractivity contribution in [2.75, 3.05) is 0 Å². The van der Waals surface area contributed by atoms with Crippen molar-refractivity contribution in [1.82, 2.24) is 0 Å². The lowest BCUT2D eigenvalue weighted by Crippen LogP contribution is -2.09. The van der Waals surface area contributed by atoms with Crippen LogP contribution in [0.15, 0.2) is 22.7 Å². The van der Waals surface area contributed by atoms with Crippen LogP contribution in [0.1, 0.15) is 31.4 Å². The highest BCUT2D eigenvalue weighted by Gasteiger charge is 2.06. The fourth-order valence-electron chi connectivity index (χ4n) is 1.22. The molecule has 0 aliphatic heterocycles. The highest BCUT2D eigenvalue weighted by atomic mass is 79.9. The number of benzene rings is 1. The molecule has 1 aromatic rings. The predicted molar refractivity (Wildman–Crippen MR) is 61.0 cm³/mol. The Morgan fingerprint density at radius 1 is 1.54 bits per heavy atom. The van der Waals surface area contributed by atoms with Crippen molar-refractivity contribution in [3.8, 4) is 0 Å². The van der Waals surface area contributed by atoms with Gasteiger partial charge in [0, 0.05) is 10.5 Å². The predicted octanol–water partition coefficient (Wildman–Crippen LogP) is 3.90. The summed E-state index contributed by atoms with van der Waals surface area (Å²) in [5, 5.41) is 0.729. The second-order valence-corrected chi connectivity index (χ2v) is 4.33. The van der Waals surface area contributed by atoms with E-state index in [1.807, 2.05) is 18.2 Å². The smallest absolute Gasteiger partial charge is 0.0548 e. The molecule has 2 N–H and O–H groups in total. The van der Waals surface area contributed by atoms with Gasteiger partial charge in [0.05, 0.1) is 5.02 Å². The summed E-state index contributed by atoms with van der Waals surface area (Å²) in [5.74, 6) is 0. The van der Waals surface area contributed by atoms with Crippen LogP contribution in [0.5, 0.6) is 0 Å². The lowest BCUT2D eigenvalue weighted by atomic mass is 10.0. The van der Waals surface area contributed by atoms with Crippen LogP contribution in [0.25, 0.3) is 0 Å². The van der Waals surface area contributed by atoms with Crippen LogP contribution >= 0.6 is 27.5 Å². The molecule has 0 amide bonds. The molecule has 13 heavy (non-hydrogen) atoms. The van der Waals surface area contributed by atoms with Gasteiger partial charge in [0.25, 0.3) is 0 Å². The minimum absolute atomic E-state index is 0.124. The quantitative estimate of drug-likeness (QED) is 0.878. The van der Waals surface area contributed by atoms with Crippen LogP contribution < -0.4 is 5.73 Å². The maximum absolute atomic E-state index is 5.96. The SMILES string of the molecule is CCC[C@@H](N)c1ccc(Cl)c(Br)c1. The molecule has 0 aliphatic rings. The van der Waals surface area contributed by atoms with E-state index in [4.69, 9.17) is 17.3 Å². The fraction of sp³-hybridized carbons (Fsp3) is 0.400. The van der Waals surface area contributed by atoms with E-state index in [1.165, 1.54) is 0 Å². The molecule has 1 atom stereocenters. The van der Waals surface area contributed by atoms with Crippen molar-refractivity contribution in [2.24, 2.45) is 5.73 Å². The third-order valence-corrected chi connectivity index (χ3v) is 3.19. The number of rotatable bonds is 3. The summed E-state index contributed by atoms with van der Waals surface area (Å²) in [6.45, 7) is 2.13. The summed E-state index contributed by atoms with van der Waals surface area (Å²) in [6, 6.07) is 5.96. The van der Waals surface area contributed by atoms with Crippen LogP contribution in [0.2, 0.25) is 5.02 Å². The van der Waals surface area contributed by atoms with Crippen molar-refractivity contribution in [1.29, 1.82) is 0 Å². The van der Waals surface area contributed by atoms with E-state index in [9.17, 15) is 0 Å². The maximum atomic E-state index is 5.96. The maximum Gasteiger partial charge on any atom is 0.0548 e. The molecule has 0 bridgehead atoms. The molecule has 0 radical (unpaired) electrons. The Hall–Kier alpha value is -0.0500. The van der Waals surface area contributed by atoms with E-state index in [2.05, 4.69) is 22.9 Å². The van der Waals surface area contributed by atoms with E-state index in [-0.39, 0.29) is 6.04 Å². The van der Waals surface area contributed by atoms with E-state index < -0.39 is 0 Å². The monoisotopic (exact) mass is 261 g/mol. The van der Waals surface area contributed by atoms with Crippen molar-refractivity contribution >= 4 is 27.5 Å². The van der Waals surface area contributed by atoms with Gasteiger partial charge in [-0.15, -0.1) is 0 Å². The molecule has 0 saturated carbocycles. The number of halogens is 2. The molecule has 1 nitrogen and oxygen atoms in total. The average molecular weight is 263 g/mol. The highest BCUT2D eigenvalue weighted by Crippen LogP contribution is 2.26. The summed E-state index contributed by atoms with van der Waals surface area (Å²) in [5.41, 5.74) is 7.10. The zero-order valence-electron chi connectivity index (χ0n) is 7.56. The molecule has 3 heteroatoms. The molecular weight excluding hydrogens is 249 g/mol. The largest absolute Gasteiger partial charge is 0.324 e. The number of nitrogens with two attached hydrogens (primary N) is 1. The van der Waals surface area contributed by atoms with Crippen LogP contribution in [0, 0.1) is 0 Å². The first-order chi connectivity index (χ1) is 6.15. The van der Waals surface area contributed by atoms with Crippen LogP contribution in [-0.4, -0.2) is 0 Å². The van der Waals surface area contributed by atoms with E-state index in [0.717, 1.165) is 27.9 Å².